The molecule has 0 aromatic heterocycles. The summed E-state index contributed by atoms with van der Waals surface area (Å²) in [5.41, 5.74) is 0. The second-order valence-electron chi connectivity index (χ2n) is 4.65. The molecule has 1 N–H and O–H groups in total. The lowest BCUT2D eigenvalue weighted by Gasteiger charge is -2.21. The average molecular weight is 242 g/mol. The van der Waals surface area contributed by atoms with Crippen LogP contribution in [-0.4, -0.2) is 36.2 Å². The fraction of sp³-hybridized carbons (Fsp3) is 0.917. The zero-order valence-corrected chi connectivity index (χ0v) is 10.9. The Morgan fingerprint density at radius 2 is 2.19 bits per heavy atom. The maximum Gasteiger partial charge on any atom is 0.156 e. The molecule has 2 fully saturated rings. The van der Waals surface area contributed by atoms with E-state index >= 15 is 0 Å². The predicted molar refractivity (Wildman–Crippen MR) is 70.2 cm³/mol. The number of hydrogen-bond acceptors (Lipinski definition) is 3. The third kappa shape index (κ3) is 3.98. The molecule has 1 atom stereocenters. The van der Waals surface area contributed by atoms with Crippen LogP contribution in [0.1, 0.15) is 39.0 Å². The summed E-state index contributed by atoms with van der Waals surface area (Å²) in [4.78, 5) is 4.54. The molecule has 0 amide bonds. The molecule has 2 aliphatic rings. The van der Waals surface area contributed by atoms with Crippen LogP contribution < -0.4 is 5.32 Å². The normalized spacial score (nSPS) is 29.6. The van der Waals surface area contributed by atoms with Crippen molar-refractivity contribution < 1.29 is 4.74 Å². The lowest BCUT2D eigenvalue weighted by Crippen LogP contribution is -2.35. The SMILES string of the molecule is CC1CCSC(=NCCOC2CCCC2)N1. The molecule has 1 saturated carbocycles. The summed E-state index contributed by atoms with van der Waals surface area (Å²) in [6, 6.07) is 0.579. The number of thioether (sulfide) groups is 1. The highest BCUT2D eigenvalue weighted by atomic mass is 32.2. The van der Waals surface area contributed by atoms with Crippen molar-refractivity contribution in [2.75, 3.05) is 18.9 Å². The van der Waals surface area contributed by atoms with Crippen molar-refractivity contribution in [2.24, 2.45) is 4.99 Å². The fourth-order valence-corrected chi connectivity index (χ4v) is 3.30. The Balaban J connectivity index is 1.60. The topological polar surface area (TPSA) is 33.6 Å². The highest BCUT2D eigenvalue weighted by Gasteiger charge is 2.15. The van der Waals surface area contributed by atoms with Gasteiger partial charge >= 0.3 is 0 Å². The molecular weight excluding hydrogens is 220 g/mol. The third-order valence-electron chi connectivity index (χ3n) is 3.16. The van der Waals surface area contributed by atoms with E-state index in [1.807, 2.05) is 11.8 Å². The quantitative estimate of drug-likeness (QED) is 0.769. The summed E-state index contributed by atoms with van der Waals surface area (Å²) in [5, 5.41) is 4.51. The lowest BCUT2D eigenvalue weighted by atomic mass is 10.3. The number of aliphatic imine (C=N–C) groups is 1. The van der Waals surface area contributed by atoms with Crippen LogP contribution in [0.25, 0.3) is 0 Å². The Labute approximate surface area is 102 Å². The molecule has 3 nitrogen and oxygen atoms in total. The van der Waals surface area contributed by atoms with Crippen LogP contribution in [-0.2, 0) is 4.74 Å². The number of nitrogens with zero attached hydrogens (tertiary/aromatic N) is 1. The first-order valence-corrected chi connectivity index (χ1v) is 7.38. The summed E-state index contributed by atoms with van der Waals surface area (Å²) in [7, 11) is 0. The van der Waals surface area contributed by atoms with Gasteiger partial charge in [0.1, 0.15) is 0 Å². The van der Waals surface area contributed by atoms with Gasteiger partial charge in [0.2, 0.25) is 0 Å². The van der Waals surface area contributed by atoms with E-state index < -0.39 is 0 Å². The Hall–Kier alpha value is -0.220. The molecule has 2 rings (SSSR count). The van der Waals surface area contributed by atoms with Gasteiger partial charge in [0.25, 0.3) is 0 Å². The number of ether oxygens (including phenoxy) is 1. The summed E-state index contributed by atoms with van der Waals surface area (Å²) < 4.78 is 5.78. The largest absolute Gasteiger partial charge is 0.376 e. The van der Waals surface area contributed by atoms with Gasteiger partial charge in [-0.3, -0.25) is 4.99 Å². The molecule has 1 heterocycles. The van der Waals surface area contributed by atoms with Crippen LogP contribution in [0.4, 0.5) is 0 Å². The molecule has 0 aromatic rings. The van der Waals surface area contributed by atoms with Gasteiger partial charge in [-0.2, -0.15) is 0 Å². The van der Waals surface area contributed by atoms with E-state index in [9.17, 15) is 0 Å². The van der Waals surface area contributed by atoms with Gasteiger partial charge < -0.3 is 10.1 Å². The van der Waals surface area contributed by atoms with E-state index in [1.54, 1.807) is 0 Å². The molecule has 0 bridgehead atoms. The van der Waals surface area contributed by atoms with Gasteiger partial charge in [-0.1, -0.05) is 24.6 Å². The highest BCUT2D eigenvalue weighted by Crippen LogP contribution is 2.20. The van der Waals surface area contributed by atoms with Crippen LogP contribution >= 0.6 is 11.8 Å². The van der Waals surface area contributed by atoms with Crippen LogP contribution in [0.2, 0.25) is 0 Å². The van der Waals surface area contributed by atoms with Crippen LogP contribution in [0, 0.1) is 0 Å². The minimum Gasteiger partial charge on any atom is -0.376 e. The van der Waals surface area contributed by atoms with Gasteiger partial charge in [-0.25, -0.2) is 0 Å². The molecule has 16 heavy (non-hydrogen) atoms. The van der Waals surface area contributed by atoms with Crippen molar-refractivity contribution in [1.29, 1.82) is 0 Å². The van der Waals surface area contributed by atoms with E-state index in [2.05, 4.69) is 17.2 Å². The van der Waals surface area contributed by atoms with E-state index in [-0.39, 0.29) is 0 Å². The number of amidine groups is 1. The molecule has 1 aliphatic carbocycles. The van der Waals surface area contributed by atoms with Crippen molar-refractivity contribution in [3.05, 3.63) is 0 Å². The van der Waals surface area contributed by atoms with E-state index in [1.165, 1.54) is 37.9 Å². The zero-order valence-electron chi connectivity index (χ0n) is 10.1. The second kappa shape index (κ2) is 6.50. The van der Waals surface area contributed by atoms with Crippen molar-refractivity contribution >= 4 is 16.9 Å². The molecule has 0 spiro atoms. The maximum atomic E-state index is 5.78. The standard InChI is InChI=1S/C12H22N2OS/c1-10-6-9-16-12(14-10)13-7-8-15-11-4-2-3-5-11/h10-11H,2-9H2,1H3,(H,13,14). The fourth-order valence-electron chi connectivity index (χ4n) is 2.17. The molecule has 92 valence electrons. The van der Waals surface area contributed by atoms with Crippen molar-refractivity contribution in [3.8, 4) is 0 Å². The highest BCUT2D eigenvalue weighted by molar-refractivity contribution is 8.13. The summed E-state index contributed by atoms with van der Waals surface area (Å²) >= 11 is 1.83. The van der Waals surface area contributed by atoms with E-state index in [0.717, 1.165) is 18.3 Å². The van der Waals surface area contributed by atoms with Gasteiger partial charge in [0, 0.05) is 11.8 Å². The first kappa shape index (κ1) is 12.2. The first-order chi connectivity index (χ1) is 7.84. The second-order valence-corrected chi connectivity index (χ2v) is 5.73. The van der Waals surface area contributed by atoms with Gasteiger partial charge in [0.05, 0.1) is 19.3 Å². The average Bonchev–Trinajstić information content (AvgIpc) is 2.77. The van der Waals surface area contributed by atoms with Gasteiger partial charge in [0.15, 0.2) is 5.17 Å². The minimum absolute atomic E-state index is 0.520. The Morgan fingerprint density at radius 1 is 1.38 bits per heavy atom. The Kier molecular flexibility index (Phi) is 4.97. The van der Waals surface area contributed by atoms with Crippen molar-refractivity contribution in [3.63, 3.8) is 0 Å². The summed E-state index contributed by atoms with van der Waals surface area (Å²) in [5.74, 6) is 1.19. The first-order valence-electron chi connectivity index (χ1n) is 6.40. The summed E-state index contributed by atoms with van der Waals surface area (Å²) in [6.07, 6.45) is 6.94. The lowest BCUT2D eigenvalue weighted by molar-refractivity contribution is 0.0644. The van der Waals surface area contributed by atoms with Crippen LogP contribution in [0.5, 0.6) is 0 Å². The predicted octanol–water partition coefficient (Wildman–Crippen LogP) is 2.42. The van der Waals surface area contributed by atoms with Gasteiger partial charge in [-0.05, 0) is 26.2 Å². The Morgan fingerprint density at radius 3 is 2.94 bits per heavy atom. The maximum absolute atomic E-state index is 5.78. The monoisotopic (exact) mass is 242 g/mol. The van der Waals surface area contributed by atoms with E-state index in [0.29, 0.717) is 12.1 Å². The number of hydrogen-bond donors (Lipinski definition) is 1. The molecule has 0 radical (unpaired) electrons. The van der Waals surface area contributed by atoms with E-state index in [4.69, 9.17) is 4.74 Å². The molecule has 4 heteroatoms. The Bertz CT molecular complexity index is 239. The minimum atomic E-state index is 0.520. The van der Waals surface area contributed by atoms with Gasteiger partial charge in [-0.15, -0.1) is 0 Å². The van der Waals surface area contributed by atoms with Crippen LogP contribution in [0.3, 0.4) is 0 Å². The van der Waals surface area contributed by atoms with Crippen LogP contribution in [0.15, 0.2) is 4.99 Å². The molecule has 1 saturated heterocycles. The van der Waals surface area contributed by atoms with Crippen molar-refractivity contribution in [1.82, 2.24) is 5.32 Å². The molecule has 0 aromatic carbocycles. The van der Waals surface area contributed by atoms with Crippen molar-refractivity contribution in [2.45, 2.75) is 51.2 Å². The smallest absolute Gasteiger partial charge is 0.156 e. The number of nitrogens with one attached hydrogen (secondary N) is 1. The molecular formula is C12H22N2OS. The third-order valence-corrected chi connectivity index (χ3v) is 4.12. The summed E-state index contributed by atoms with van der Waals surface area (Å²) in [6.45, 7) is 3.80. The molecule has 1 unspecified atom stereocenters. The number of rotatable bonds is 4. The molecule has 1 aliphatic heterocycles. The zero-order chi connectivity index (χ0) is 11.2.